The van der Waals surface area contributed by atoms with Gasteiger partial charge in [0.05, 0.1) is 5.92 Å². The van der Waals surface area contributed by atoms with E-state index in [1.807, 2.05) is 4.90 Å². The first kappa shape index (κ1) is 18.3. The molecule has 0 atom stereocenters. The van der Waals surface area contributed by atoms with Crippen molar-refractivity contribution in [3.8, 4) is 0 Å². The number of hydrogen-bond acceptors (Lipinski definition) is 3. The van der Waals surface area contributed by atoms with Gasteiger partial charge in [-0.15, -0.1) is 0 Å². The van der Waals surface area contributed by atoms with Crippen molar-refractivity contribution in [1.29, 1.82) is 0 Å². The molecular weight excluding hydrogens is 317 g/mol. The largest absolute Gasteiger partial charge is 0.340 e. The van der Waals surface area contributed by atoms with E-state index in [0.29, 0.717) is 12.5 Å². The fourth-order valence-electron chi connectivity index (χ4n) is 3.57. The zero-order valence-corrected chi connectivity index (χ0v) is 15.9. The van der Waals surface area contributed by atoms with Gasteiger partial charge in [0.1, 0.15) is 5.82 Å². The van der Waals surface area contributed by atoms with E-state index in [1.165, 1.54) is 0 Å². The molecular formula is C20H30FN3O. The van der Waals surface area contributed by atoms with Gasteiger partial charge in [-0.2, -0.15) is 0 Å². The Labute approximate surface area is 150 Å². The number of likely N-dealkylation sites (tertiary alicyclic amines) is 1. The lowest BCUT2D eigenvalue weighted by Gasteiger charge is -2.42. The molecule has 1 aromatic rings. The number of nitrogens with zero attached hydrogens (tertiary/aromatic N) is 3. The van der Waals surface area contributed by atoms with Gasteiger partial charge in [-0.05, 0) is 35.7 Å². The maximum atomic E-state index is 13.9. The average molecular weight is 347 g/mol. The molecule has 3 rings (SSSR count). The molecule has 0 unspecified atom stereocenters. The zero-order chi connectivity index (χ0) is 18.2. The predicted octanol–water partition coefficient (Wildman–Crippen LogP) is 2.33. The molecule has 1 aromatic carbocycles. The fraction of sp³-hybridized carbons (Fsp3) is 0.650. The molecule has 0 N–H and O–H groups in total. The van der Waals surface area contributed by atoms with Crippen molar-refractivity contribution in [3.63, 3.8) is 0 Å². The van der Waals surface area contributed by atoms with Crippen molar-refractivity contribution < 1.29 is 9.18 Å². The number of rotatable bonds is 3. The number of carbonyl (C=O) groups excluding carboxylic acids is 1. The lowest BCUT2D eigenvalue weighted by Crippen LogP contribution is -2.57. The standard InChI is InChI=1S/C20H30FN3O/c1-20(2,3)17-9-15(10-18(21)11-17)12-23-13-16(14-23)19(25)24-7-5-22(4)6-8-24/h9-11,16H,5-8,12-14H2,1-4H3. The summed E-state index contributed by atoms with van der Waals surface area (Å²) in [4.78, 5) is 19.0. The summed E-state index contributed by atoms with van der Waals surface area (Å²) < 4.78 is 13.9. The number of halogens is 1. The summed E-state index contributed by atoms with van der Waals surface area (Å²) in [6.45, 7) is 12.2. The molecule has 0 aliphatic carbocycles. The molecule has 2 fully saturated rings. The highest BCUT2D eigenvalue weighted by Gasteiger charge is 2.36. The molecule has 2 aliphatic rings. The average Bonchev–Trinajstić information content (AvgIpc) is 2.49. The highest BCUT2D eigenvalue weighted by atomic mass is 19.1. The highest BCUT2D eigenvalue weighted by Crippen LogP contribution is 2.27. The first-order valence-corrected chi connectivity index (χ1v) is 9.22. The Bertz CT molecular complexity index is 626. The SMILES string of the molecule is CN1CCN(C(=O)C2CN(Cc3cc(F)cc(C(C)(C)C)c3)C2)CC1. The molecule has 138 valence electrons. The summed E-state index contributed by atoms with van der Waals surface area (Å²) in [5.74, 6) is 0.228. The first-order chi connectivity index (χ1) is 11.7. The van der Waals surface area contributed by atoms with E-state index in [-0.39, 0.29) is 17.2 Å². The van der Waals surface area contributed by atoms with E-state index in [2.05, 4.69) is 43.7 Å². The Kier molecular flexibility index (Phi) is 5.16. The van der Waals surface area contributed by atoms with Gasteiger partial charge < -0.3 is 9.80 Å². The topological polar surface area (TPSA) is 26.8 Å². The number of hydrogen-bond donors (Lipinski definition) is 0. The lowest BCUT2D eigenvalue weighted by molar-refractivity contribution is -0.143. The van der Waals surface area contributed by atoms with E-state index in [0.717, 1.165) is 50.4 Å². The number of likely N-dealkylation sites (N-methyl/N-ethyl adjacent to an activating group) is 1. The molecule has 5 heteroatoms. The summed E-state index contributed by atoms with van der Waals surface area (Å²) in [6.07, 6.45) is 0. The number of piperazine rings is 1. The minimum atomic E-state index is -0.173. The van der Waals surface area contributed by atoms with Crippen LogP contribution in [0.3, 0.4) is 0 Å². The molecule has 4 nitrogen and oxygen atoms in total. The molecule has 0 bridgehead atoms. The number of benzene rings is 1. The molecule has 2 heterocycles. The predicted molar refractivity (Wildman–Crippen MR) is 97.9 cm³/mol. The van der Waals surface area contributed by atoms with Crippen molar-refractivity contribution >= 4 is 5.91 Å². The second kappa shape index (κ2) is 7.04. The minimum Gasteiger partial charge on any atom is -0.340 e. The number of amides is 1. The third kappa shape index (κ3) is 4.39. The first-order valence-electron chi connectivity index (χ1n) is 9.22. The van der Waals surface area contributed by atoms with Crippen LogP contribution in [-0.4, -0.2) is 66.9 Å². The Hall–Kier alpha value is -1.46. The second-order valence-corrected chi connectivity index (χ2v) is 8.62. The van der Waals surface area contributed by atoms with Crippen molar-refractivity contribution in [1.82, 2.24) is 14.7 Å². The Balaban J connectivity index is 1.54. The van der Waals surface area contributed by atoms with Crippen molar-refractivity contribution in [3.05, 3.63) is 35.1 Å². The summed E-state index contributed by atoms with van der Waals surface area (Å²) in [5, 5.41) is 0. The van der Waals surface area contributed by atoms with Gasteiger partial charge in [0.2, 0.25) is 5.91 Å². The summed E-state index contributed by atoms with van der Waals surface area (Å²) >= 11 is 0. The summed E-state index contributed by atoms with van der Waals surface area (Å²) in [5.41, 5.74) is 1.95. The quantitative estimate of drug-likeness (QED) is 0.840. The molecule has 2 aliphatic heterocycles. The fourth-order valence-corrected chi connectivity index (χ4v) is 3.57. The smallest absolute Gasteiger partial charge is 0.228 e. The van der Waals surface area contributed by atoms with E-state index in [9.17, 15) is 9.18 Å². The van der Waals surface area contributed by atoms with Gasteiger partial charge in [0.15, 0.2) is 0 Å². The Morgan fingerprint density at radius 3 is 2.36 bits per heavy atom. The Morgan fingerprint density at radius 2 is 1.76 bits per heavy atom. The van der Waals surface area contributed by atoms with E-state index >= 15 is 0 Å². The highest BCUT2D eigenvalue weighted by molar-refractivity contribution is 5.80. The van der Waals surface area contributed by atoms with Crippen LogP contribution in [0.2, 0.25) is 0 Å². The molecule has 1 amide bonds. The van der Waals surface area contributed by atoms with Gasteiger partial charge in [0.25, 0.3) is 0 Å². The van der Waals surface area contributed by atoms with Crippen LogP contribution in [0, 0.1) is 11.7 Å². The van der Waals surface area contributed by atoms with Gasteiger partial charge in [-0.3, -0.25) is 9.69 Å². The van der Waals surface area contributed by atoms with Gasteiger partial charge >= 0.3 is 0 Å². The van der Waals surface area contributed by atoms with Crippen LogP contribution in [0.4, 0.5) is 4.39 Å². The maximum absolute atomic E-state index is 13.9. The second-order valence-electron chi connectivity index (χ2n) is 8.62. The van der Waals surface area contributed by atoms with Crippen LogP contribution >= 0.6 is 0 Å². The third-order valence-electron chi connectivity index (χ3n) is 5.35. The molecule has 0 aromatic heterocycles. The molecule has 2 saturated heterocycles. The normalized spacial score (nSPS) is 20.6. The van der Waals surface area contributed by atoms with E-state index in [4.69, 9.17) is 0 Å². The van der Waals surface area contributed by atoms with Gasteiger partial charge in [-0.1, -0.05) is 26.8 Å². The van der Waals surface area contributed by atoms with Crippen LogP contribution in [-0.2, 0) is 16.8 Å². The lowest BCUT2D eigenvalue weighted by atomic mass is 9.86. The summed E-state index contributed by atoms with van der Waals surface area (Å²) in [6, 6.07) is 5.34. The van der Waals surface area contributed by atoms with Crippen molar-refractivity contribution in [2.24, 2.45) is 5.92 Å². The minimum absolute atomic E-state index is 0.0638. The third-order valence-corrected chi connectivity index (χ3v) is 5.35. The molecule has 0 saturated carbocycles. The van der Waals surface area contributed by atoms with E-state index < -0.39 is 0 Å². The zero-order valence-electron chi connectivity index (χ0n) is 15.9. The van der Waals surface area contributed by atoms with Crippen LogP contribution in [0.1, 0.15) is 31.9 Å². The van der Waals surface area contributed by atoms with Crippen molar-refractivity contribution in [2.75, 3.05) is 46.3 Å². The van der Waals surface area contributed by atoms with Gasteiger partial charge in [-0.25, -0.2) is 4.39 Å². The van der Waals surface area contributed by atoms with Crippen molar-refractivity contribution in [2.45, 2.75) is 32.7 Å². The van der Waals surface area contributed by atoms with E-state index in [1.54, 1.807) is 12.1 Å². The Morgan fingerprint density at radius 1 is 1.12 bits per heavy atom. The van der Waals surface area contributed by atoms with Gasteiger partial charge in [0, 0.05) is 45.8 Å². The maximum Gasteiger partial charge on any atom is 0.228 e. The van der Waals surface area contributed by atoms with Crippen LogP contribution in [0.15, 0.2) is 18.2 Å². The molecule has 25 heavy (non-hydrogen) atoms. The summed E-state index contributed by atoms with van der Waals surface area (Å²) in [7, 11) is 2.09. The monoisotopic (exact) mass is 347 g/mol. The molecule has 0 radical (unpaired) electrons. The van der Waals surface area contributed by atoms with Crippen LogP contribution < -0.4 is 0 Å². The van der Waals surface area contributed by atoms with Crippen LogP contribution in [0.5, 0.6) is 0 Å². The molecule has 0 spiro atoms. The van der Waals surface area contributed by atoms with Crippen LogP contribution in [0.25, 0.3) is 0 Å². The number of carbonyl (C=O) groups is 1.